The zero-order valence-corrected chi connectivity index (χ0v) is 12.0. The third-order valence-corrected chi connectivity index (χ3v) is 2.48. The maximum Gasteiger partial charge on any atom is 0.337 e. The van der Waals surface area contributed by atoms with E-state index in [0.717, 1.165) is 0 Å². The molecule has 0 saturated carbocycles. The first-order valence-electron chi connectivity index (χ1n) is 6.30. The van der Waals surface area contributed by atoms with E-state index in [4.69, 9.17) is 11.2 Å². The smallest absolute Gasteiger partial charge is 0.337 e. The van der Waals surface area contributed by atoms with Crippen LogP contribution >= 0.6 is 0 Å². The van der Waals surface area contributed by atoms with Gasteiger partial charge in [0.05, 0.1) is 19.2 Å². The molecule has 1 amide bonds. The number of hydrogen-bond acceptors (Lipinski definition) is 5. The second-order valence-electron chi connectivity index (χ2n) is 4.04. The lowest BCUT2D eigenvalue weighted by molar-refractivity contribution is -0.143. The van der Waals surface area contributed by atoms with Gasteiger partial charge in [-0.25, -0.2) is 9.59 Å². The maximum atomic E-state index is 11.4. The number of carbonyl (C=O) groups excluding carboxylic acids is 3. The molecule has 22 heavy (non-hydrogen) atoms. The van der Waals surface area contributed by atoms with Crippen LogP contribution in [-0.4, -0.2) is 38.1 Å². The predicted molar refractivity (Wildman–Crippen MR) is 79.6 cm³/mol. The Bertz CT molecular complexity index is 610. The standard InChI is InChI=1S/C16H15NO5/c1-3-10-17-14(18)11-22-15(19)9-6-12-4-7-13(8-5-12)16(20)21-2/h1,4-9H,10-11H2,2H3,(H,17,18)/b9-6+. The van der Waals surface area contributed by atoms with Gasteiger partial charge in [0.1, 0.15) is 0 Å². The maximum absolute atomic E-state index is 11.4. The van der Waals surface area contributed by atoms with Gasteiger partial charge in [0.15, 0.2) is 6.61 Å². The fourth-order valence-electron chi connectivity index (χ4n) is 1.40. The number of terminal acetylenes is 1. The number of rotatable bonds is 6. The van der Waals surface area contributed by atoms with E-state index in [1.807, 2.05) is 0 Å². The highest BCUT2D eigenvalue weighted by atomic mass is 16.5. The summed E-state index contributed by atoms with van der Waals surface area (Å²) in [5.74, 6) is 0.664. The van der Waals surface area contributed by atoms with Crippen LogP contribution in [0.4, 0.5) is 0 Å². The van der Waals surface area contributed by atoms with E-state index in [1.165, 1.54) is 19.3 Å². The van der Waals surface area contributed by atoms with Crippen molar-refractivity contribution in [3.63, 3.8) is 0 Å². The summed E-state index contributed by atoms with van der Waals surface area (Å²) < 4.78 is 9.30. The Kier molecular flexibility index (Phi) is 6.93. The van der Waals surface area contributed by atoms with Crippen LogP contribution in [-0.2, 0) is 19.1 Å². The lowest BCUT2D eigenvalue weighted by Crippen LogP contribution is -2.28. The summed E-state index contributed by atoms with van der Waals surface area (Å²) in [6.07, 6.45) is 7.66. The molecule has 0 radical (unpaired) electrons. The number of benzene rings is 1. The van der Waals surface area contributed by atoms with Gasteiger partial charge in [0, 0.05) is 6.08 Å². The average molecular weight is 301 g/mol. The molecule has 0 saturated heterocycles. The lowest BCUT2D eigenvalue weighted by atomic mass is 10.1. The first-order chi connectivity index (χ1) is 10.6. The van der Waals surface area contributed by atoms with Crippen LogP contribution in [0.2, 0.25) is 0 Å². The number of amides is 1. The molecule has 0 atom stereocenters. The van der Waals surface area contributed by atoms with Crippen LogP contribution in [0.15, 0.2) is 30.3 Å². The van der Waals surface area contributed by atoms with Gasteiger partial charge in [0.25, 0.3) is 5.91 Å². The van der Waals surface area contributed by atoms with Crippen molar-refractivity contribution >= 4 is 23.9 Å². The Balaban J connectivity index is 2.47. The molecule has 0 aliphatic carbocycles. The molecule has 1 rings (SSSR count). The van der Waals surface area contributed by atoms with E-state index in [9.17, 15) is 14.4 Å². The Hall–Kier alpha value is -3.07. The Morgan fingerprint density at radius 3 is 2.55 bits per heavy atom. The predicted octanol–water partition coefficient (Wildman–Crippen LogP) is 0.779. The van der Waals surface area contributed by atoms with Gasteiger partial charge in [-0.3, -0.25) is 4.79 Å². The minimum absolute atomic E-state index is 0.0821. The molecule has 0 aliphatic rings. The van der Waals surface area contributed by atoms with E-state index in [0.29, 0.717) is 11.1 Å². The van der Waals surface area contributed by atoms with E-state index in [2.05, 4.69) is 16.0 Å². The fourth-order valence-corrected chi connectivity index (χ4v) is 1.40. The highest BCUT2D eigenvalue weighted by Crippen LogP contribution is 2.07. The van der Waals surface area contributed by atoms with E-state index >= 15 is 0 Å². The number of ether oxygens (including phenoxy) is 2. The Morgan fingerprint density at radius 1 is 1.27 bits per heavy atom. The van der Waals surface area contributed by atoms with Gasteiger partial charge in [0.2, 0.25) is 0 Å². The molecule has 6 nitrogen and oxygen atoms in total. The van der Waals surface area contributed by atoms with Crippen molar-refractivity contribution in [3.8, 4) is 12.3 Å². The third-order valence-electron chi connectivity index (χ3n) is 2.48. The van der Waals surface area contributed by atoms with Crippen LogP contribution in [0.1, 0.15) is 15.9 Å². The minimum atomic E-state index is -0.659. The topological polar surface area (TPSA) is 81.7 Å². The van der Waals surface area contributed by atoms with Crippen LogP contribution in [0, 0.1) is 12.3 Å². The molecule has 0 spiro atoms. The number of hydrogen-bond donors (Lipinski definition) is 1. The number of nitrogens with one attached hydrogen (secondary N) is 1. The molecule has 0 heterocycles. The van der Waals surface area contributed by atoms with Crippen LogP contribution in [0.25, 0.3) is 6.08 Å². The Morgan fingerprint density at radius 2 is 1.95 bits per heavy atom. The van der Waals surface area contributed by atoms with Gasteiger partial charge in [-0.05, 0) is 23.8 Å². The molecular formula is C16H15NO5. The highest BCUT2D eigenvalue weighted by molar-refractivity contribution is 5.91. The van der Waals surface area contributed by atoms with Crippen LogP contribution < -0.4 is 5.32 Å². The fraction of sp³-hybridized carbons (Fsp3) is 0.188. The Labute approximate surface area is 128 Å². The minimum Gasteiger partial charge on any atom is -0.465 e. The van der Waals surface area contributed by atoms with Gasteiger partial charge in [-0.15, -0.1) is 6.42 Å². The first kappa shape index (κ1) is 17.0. The quantitative estimate of drug-likeness (QED) is 0.477. The SMILES string of the molecule is C#CCNC(=O)COC(=O)/C=C/c1ccc(C(=O)OC)cc1. The third kappa shape index (κ3) is 5.92. The number of esters is 2. The molecule has 114 valence electrons. The number of methoxy groups -OCH3 is 1. The second kappa shape index (κ2) is 8.97. The normalized spacial score (nSPS) is 9.82. The molecule has 0 unspecified atom stereocenters. The summed E-state index contributed by atoms with van der Waals surface area (Å²) >= 11 is 0. The summed E-state index contributed by atoms with van der Waals surface area (Å²) in [5.41, 5.74) is 1.11. The summed E-state index contributed by atoms with van der Waals surface area (Å²) in [5, 5.41) is 2.36. The van der Waals surface area contributed by atoms with Crippen LogP contribution in [0.5, 0.6) is 0 Å². The zero-order chi connectivity index (χ0) is 16.4. The van der Waals surface area contributed by atoms with Gasteiger partial charge >= 0.3 is 11.9 Å². The van der Waals surface area contributed by atoms with Gasteiger partial charge in [-0.1, -0.05) is 18.1 Å². The highest BCUT2D eigenvalue weighted by Gasteiger charge is 2.05. The van der Waals surface area contributed by atoms with Crippen molar-refractivity contribution in [2.75, 3.05) is 20.3 Å². The zero-order valence-electron chi connectivity index (χ0n) is 12.0. The average Bonchev–Trinajstić information content (AvgIpc) is 2.55. The second-order valence-corrected chi connectivity index (χ2v) is 4.04. The first-order valence-corrected chi connectivity index (χ1v) is 6.30. The molecule has 1 N–H and O–H groups in total. The molecule has 6 heteroatoms. The van der Waals surface area contributed by atoms with Gasteiger partial charge < -0.3 is 14.8 Å². The molecule has 1 aromatic carbocycles. The molecule has 0 bridgehead atoms. The van der Waals surface area contributed by atoms with Crippen molar-refractivity contribution in [1.29, 1.82) is 0 Å². The van der Waals surface area contributed by atoms with Crippen molar-refractivity contribution in [3.05, 3.63) is 41.5 Å². The van der Waals surface area contributed by atoms with Crippen molar-refractivity contribution in [2.45, 2.75) is 0 Å². The van der Waals surface area contributed by atoms with Crippen molar-refractivity contribution in [1.82, 2.24) is 5.32 Å². The van der Waals surface area contributed by atoms with Crippen molar-refractivity contribution < 1.29 is 23.9 Å². The molecule has 0 aromatic heterocycles. The monoisotopic (exact) mass is 301 g/mol. The summed E-state index contributed by atoms with van der Waals surface area (Å²) in [6.45, 7) is -0.315. The van der Waals surface area contributed by atoms with Crippen molar-refractivity contribution in [2.24, 2.45) is 0 Å². The lowest BCUT2D eigenvalue weighted by Gasteiger charge is -2.02. The largest absolute Gasteiger partial charge is 0.465 e. The van der Waals surface area contributed by atoms with E-state index < -0.39 is 24.5 Å². The molecule has 0 aliphatic heterocycles. The number of carbonyl (C=O) groups is 3. The molecular weight excluding hydrogens is 286 g/mol. The molecule has 0 fully saturated rings. The summed E-state index contributed by atoms with van der Waals surface area (Å²) in [6, 6.07) is 6.44. The summed E-state index contributed by atoms with van der Waals surface area (Å²) in [7, 11) is 1.30. The van der Waals surface area contributed by atoms with E-state index in [-0.39, 0.29) is 6.54 Å². The van der Waals surface area contributed by atoms with Crippen LogP contribution in [0.3, 0.4) is 0 Å². The summed E-state index contributed by atoms with van der Waals surface area (Å²) in [4.78, 5) is 33.8. The van der Waals surface area contributed by atoms with E-state index in [1.54, 1.807) is 24.3 Å². The molecule has 1 aromatic rings. The van der Waals surface area contributed by atoms with Gasteiger partial charge in [-0.2, -0.15) is 0 Å².